The summed E-state index contributed by atoms with van der Waals surface area (Å²) in [5.41, 5.74) is 3.68. The van der Waals surface area contributed by atoms with E-state index in [9.17, 15) is 5.11 Å². The Morgan fingerprint density at radius 3 is 2.93 bits per heavy atom. The highest BCUT2D eigenvalue weighted by molar-refractivity contribution is 6.31. The second-order valence-electron chi connectivity index (χ2n) is 6.65. The van der Waals surface area contributed by atoms with Crippen molar-refractivity contribution in [1.82, 2.24) is 9.55 Å². The number of benzene rings is 2. The maximum absolute atomic E-state index is 10.3. The third kappa shape index (κ3) is 3.53. The quantitative estimate of drug-likeness (QED) is 0.358. The van der Waals surface area contributed by atoms with E-state index >= 15 is 0 Å². The van der Waals surface area contributed by atoms with Crippen molar-refractivity contribution in [2.75, 3.05) is 18.4 Å². The van der Waals surface area contributed by atoms with Gasteiger partial charge in [-0.3, -0.25) is 9.98 Å². The molecule has 28 heavy (non-hydrogen) atoms. The van der Waals surface area contributed by atoms with Gasteiger partial charge in [0.05, 0.1) is 16.6 Å². The number of nitrogens with zero attached hydrogens (tertiary/aromatic N) is 3. The van der Waals surface area contributed by atoms with Crippen LogP contribution in [0.5, 0.6) is 5.88 Å². The fourth-order valence-electron chi connectivity index (χ4n) is 3.36. The lowest BCUT2D eigenvalue weighted by Gasteiger charge is -2.08. The van der Waals surface area contributed by atoms with Crippen LogP contribution in [-0.4, -0.2) is 34.0 Å². The average Bonchev–Trinajstić information content (AvgIpc) is 2.95. The Labute approximate surface area is 168 Å². The molecule has 2 heterocycles. The van der Waals surface area contributed by atoms with Crippen LogP contribution in [0.15, 0.2) is 59.7 Å². The van der Waals surface area contributed by atoms with Crippen molar-refractivity contribution in [1.29, 1.82) is 0 Å². The molecule has 0 atom stereocenters. The summed E-state index contributed by atoms with van der Waals surface area (Å²) in [7, 11) is 1.85. The zero-order valence-electron chi connectivity index (χ0n) is 15.6. The summed E-state index contributed by atoms with van der Waals surface area (Å²) >= 11 is 6.04. The molecule has 0 aliphatic rings. The third-order valence-corrected chi connectivity index (χ3v) is 5.05. The fraction of sp³-hybridized carbons (Fsp3) is 0.182. The van der Waals surface area contributed by atoms with Gasteiger partial charge in [-0.1, -0.05) is 29.8 Å². The minimum atomic E-state index is 0.241. The molecular formula is C22H21ClN4O. The van der Waals surface area contributed by atoms with E-state index in [1.807, 2.05) is 55.6 Å². The van der Waals surface area contributed by atoms with Crippen molar-refractivity contribution in [3.63, 3.8) is 0 Å². The molecule has 2 aromatic heterocycles. The van der Waals surface area contributed by atoms with E-state index < -0.39 is 0 Å². The zero-order valence-corrected chi connectivity index (χ0v) is 16.3. The highest BCUT2D eigenvalue weighted by Crippen LogP contribution is 2.28. The number of aromatic nitrogens is 2. The Hall–Kier alpha value is -3.05. The van der Waals surface area contributed by atoms with Crippen LogP contribution in [-0.2, 0) is 7.05 Å². The van der Waals surface area contributed by atoms with Crippen molar-refractivity contribution in [2.45, 2.75) is 6.42 Å². The molecule has 0 fully saturated rings. The molecule has 6 heteroatoms. The SMILES string of the molecule is Cn1c(O)c(C=NCCCNc2ccnc3cc(Cl)ccc23)c2ccccc21. The van der Waals surface area contributed by atoms with Gasteiger partial charge in [-0.05, 0) is 36.8 Å². The molecule has 142 valence electrons. The van der Waals surface area contributed by atoms with Crippen LogP contribution in [0.2, 0.25) is 5.02 Å². The minimum absolute atomic E-state index is 0.241. The molecule has 4 aromatic rings. The molecule has 0 aliphatic heterocycles. The van der Waals surface area contributed by atoms with Crippen LogP contribution in [0.4, 0.5) is 5.69 Å². The number of aromatic hydroxyl groups is 1. The number of halogens is 1. The van der Waals surface area contributed by atoms with E-state index in [1.165, 1.54) is 0 Å². The normalized spacial score (nSPS) is 11.6. The fourth-order valence-corrected chi connectivity index (χ4v) is 3.53. The monoisotopic (exact) mass is 392 g/mol. The first-order valence-electron chi connectivity index (χ1n) is 9.19. The third-order valence-electron chi connectivity index (χ3n) is 4.82. The van der Waals surface area contributed by atoms with Gasteiger partial charge in [-0.25, -0.2) is 0 Å². The summed E-state index contributed by atoms with van der Waals surface area (Å²) < 4.78 is 1.78. The number of aryl methyl sites for hydroxylation is 1. The van der Waals surface area contributed by atoms with Crippen molar-refractivity contribution < 1.29 is 5.11 Å². The first kappa shape index (κ1) is 18.3. The molecule has 0 unspecified atom stereocenters. The first-order valence-corrected chi connectivity index (χ1v) is 9.57. The van der Waals surface area contributed by atoms with Gasteiger partial charge in [-0.2, -0.15) is 0 Å². The Morgan fingerprint density at radius 1 is 1.18 bits per heavy atom. The van der Waals surface area contributed by atoms with E-state index in [1.54, 1.807) is 17.0 Å². The number of aliphatic imine (C=N–C) groups is 1. The Balaban J connectivity index is 1.38. The smallest absolute Gasteiger partial charge is 0.200 e. The maximum atomic E-state index is 10.3. The molecule has 0 bridgehead atoms. The van der Waals surface area contributed by atoms with Gasteiger partial charge >= 0.3 is 0 Å². The van der Waals surface area contributed by atoms with Crippen LogP contribution >= 0.6 is 11.6 Å². The Kier molecular flexibility index (Phi) is 5.17. The van der Waals surface area contributed by atoms with Gasteiger partial charge < -0.3 is 15.0 Å². The van der Waals surface area contributed by atoms with Crippen molar-refractivity contribution in [3.8, 4) is 5.88 Å². The lowest BCUT2D eigenvalue weighted by molar-refractivity contribution is 0.434. The van der Waals surface area contributed by atoms with Gasteiger partial charge in [0.15, 0.2) is 0 Å². The molecule has 0 spiro atoms. The Bertz CT molecular complexity index is 1170. The van der Waals surface area contributed by atoms with Gasteiger partial charge in [0.25, 0.3) is 0 Å². The lowest BCUT2D eigenvalue weighted by Crippen LogP contribution is -2.03. The van der Waals surface area contributed by atoms with Gasteiger partial charge in [-0.15, -0.1) is 0 Å². The largest absolute Gasteiger partial charge is 0.494 e. The molecule has 2 aromatic carbocycles. The van der Waals surface area contributed by atoms with Gasteiger partial charge in [0, 0.05) is 54.0 Å². The molecule has 0 amide bonds. The molecule has 0 radical (unpaired) electrons. The van der Waals surface area contributed by atoms with Crippen molar-refractivity contribution >= 4 is 45.3 Å². The molecule has 0 saturated carbocycles. The number of anilines is 1. The summed E-state index contributed by atoms with van der Waals surface area (Å²) in [6.07, 6.45) is 4.42. The number of hydrogen-bond donors (Lipinski definition) is 2. The van der Waals surface area contributed by atoms with Crippen LogP contribution in [0.1, 0.15) is 12.0 Å². The van der Waals surface area contributed by atoms with E-state index in [0.717, 1.165) is 46.0 Å². The molecule has 0 aliphatic carbocycles. The second-order valence-corrected chi connectivity index (χ2v) is 7.09. The molecule has 0 saturated heterocycles. The zero-order chi connectivity index (χ0) is 19.5. The average molecular weight is 393 g/mol. The number of fused-ring (bicyclic) bond motifs is 2. The Morgan fingerprint density at radius 2 is 2.04 bits per heavy atom. The molecular weight excluding hydrogens is 372 g/mol. The summed E-state index contributed by atoms with van der Waals surface area (Å²) in [6.45, 7) is 1.46. The highest BCUT2D eigenvalue weighted by Gasteiger charge is 2.11. The number of rotatable bonds is 6. The number of pyridine rings is 1. The minimum Gasteiger partial charge on any atom is -0.494 e. The van der Waals surface area contributed by atoms with Crippen molar-refractivity contribution in [2.24, 2.45) is 12.0 Å². The topological polar surface area (TPSA) is 62.4 Å². The lowest BCUT2D eigenvalue weighted by atomic mass is 10.2. The van der Waals surface area contributed by atoms with Gasteiger partial charge in [0.2, 0.25) is 5.88 Å². The second kappa shape index (κ2) is 7.90. The summed E-state index contributed by atoms with van der Waals surface area (Å²) in [5.74, 6) is 0.241. The summed E-state index contributed by atoms with van der Waals surface area (Å²) in [6, 6.07) is 15.6. The predicted molar refractivity (Wildman–Crippen MR) is 117 cm³/mol. The summed E-state index contributed by atoms with van der Waals surface area (Å²) in [4.78, 5) is 8.86. The van der Waals surface area contributed by atoms with E-state index in [-0.39, 0.29) is 5.88 Å². The number of nitrogens with one attached hydrogen (secondary N) is 1. The molecule has 4 rings (SSSR count). The van der Waals surface area contributed by atoms with E-state index in [4.69, 9.17) is 11.6 Å². The number of hydrogen-bond acceptors (Lipinski definition) is 4. The standard InChI is InChI=1S/C22H21ClN4O/c1-27-21-6-3-2-5-16(21)18(22(27)28)14-24-10-4-11-25-19-9-12-26-20-13-15(23)7-8-17(19)20/h2-3,5-9,12-14,28H,4,10-11H2,1H3,(H,25,26). The van der Waals surface area contributed by atoms with E-state index in [0.29, 0.717) is 11.6 Å². The summed E-state index contributed by atoms with van der Waals surface area (Å²) in [5, 5.41) is 16.5. The maximum Gasteiger partial charge on any atom is 0.200 e. The van der Waals surface area contributed by atoms with E-state index in [2.05, 4.69) is 15.3 Å². The first-order chi connectivity index (χ1) is 13.6. The number of para-hydroxylation sites is 1. The van der Waals surface area contributed by atoms with Crippen molar-refractivity contribution in [3.05, 3.63) is 65.3 Å². The van der Waals surface area contributed by atoms with Gasteiger partial charge in [0.1, 0.15) is 0 Å². The molecule has 5 nitrogen and oxygen atoms in total. The van der Waals surface area contributed by atoms with Crippen LogP contribution < -0.4 is 5.32 Å². The van der Waals surface area contributed by atoms with Crippen LogP contribution in [0.25, 0.3) is 21.8 Å². The molecule has 2 N–H and O–H groups in total. The van der Waals surface area contributed by atoms with Crippen LogP contribution in [0, 0.1) is 0 Å². The van der Waals surface area contributed by atoms with Crippen LogP contribution in [0.3, 0.4) is 0 Å². The highest BCUT2D eigenvalue weighted by atomic mass is 35.5. The predicted octanol–water partition coefficient (Wildman–Crippen LogP) is 5.01.